The van der Waals surface area contributed by atoms with Gasteiger partial charge in [0.15, 0.2) is 8.32 Å². The summed E-state index contributed by atoms with van der Waals surface area (Å²) in [7, 11) is -1.87. The van der Waals surface area contributed by atoms with Gasteiger partial charge < -0.3 is 9.53 Å². The minimum atomic E-state index is -1.87. The van der Waals surface area contributed by atoms with Crippen molar-refractivity contribution in [3.05, 3.63) is 23.3 Å². The monoisotopic (exact) mass is 326 g/mol. The molecule has 0 saturated heterocycles. The summed E-state index contributed by atoms with van der Waals surface area (Å²) in [5.74, 6) is 0.0842. The Morgan fingerprint density at radius 3 is 2.05 bits per heavy atom. The van der Waals surface area contributed by atoms with E-state index in [1.807, 2.05) is 6.92 Å². The van der Waals surface area contributed by atoms with Crippen LogP contribution in [0, 0.1) is 5.92 Å². The quantitative estimate of drug-likeness (QED) is 0.480. The molecule has 3 heteroatoms. The molecule has 0 saturated carbocycles. The molecule has 0 aromatic rings. The van der Waals surface area contributed by atoms with E-state index < -0.39 is 8.32 Å². The van der Waals surface area contributed by atoms with Crippen molar-refractivity contribution in [2.24, 2.45) is 5.92 Å². The summed E-state index contributed by atoms with van der Waals surface area (Å²) in [5, 5.41) is 10.7. The van der Waals surface area contributed by atoms with Crippen molar-refractivity contribution in [1.29, 1.82) is 0 Å². The van der Waals surface area contributed by atoms with Crippen LogP contribution in [0.4, 0.5) is 0 Å². The molecule has 0 aliphatic carbocycles. The van der Waals surface area contributed by atoms with Gasteiger partial charge in [-0.3, -0.25) is 0 Å². The Morgan fingerprint density at radius 2 is 1.68 bits per heavy atom. The molecule has 3 atom stereocenters. The van der Waals surface area contributed by atoms with Crippen LogP contribution in [0.3, 0.4) is 0 Å². The smallest absolute Gasteiger partial charge is 0.192 e. The van der Waals surface area contributed by atoms with Gasteiger partial charge in [-0.15, -0.1) is 0 Å². The van der Waals surface area contributed by atoms with Gasteiger partial charge in [0.2, 0.25) is 0 Å². The van der Waals surface area contributed by atoms with Crippen molar-refractivity contribution in [3.8, 4) is 0 Å². The second kappa shape index (κ2) is 8.46. The van der Waals surface area contributed by atoms with Crippen LogP contribution in [0.2, 0.25) is 18.1 Å². The summed E-state index contributed by atoms with van der Waals surface area (Å²) in [5.41, 5.74) is 2.46. The van der Waals surface area contributed by atoms with Gasteiger partial charge in [0.1, 0.15) is 0 Å². The highest BCUT2D eigenvalue weighted by atomic mass is 28.4. The lowest BCUT2D eigenvalue weighted by molar-refractivity contribution is 0.0468. The molecule has 0 rings (SSSR count). The lowest BCUT2D eigenvalue weighted by Gasteiger charge is -2.42. The highest BCUT2D eigenvalue weighted by Crippen LogP contribution is 2.39. The molecule has 0 amide bonds. The van der Waals surface area contributed by atoms with Gasteiger partial charge in [0, 0.05) is 5.92 Å². The van der Waals surface area contributed by atoms with E-state index >= 15 is 0 Å². The molecular formula is C19H38O2Si. The Labute approximate surface area is 139 Å². The zero-order chi connectivity index (χ0) is 17.7. The first-order chi connectivity index (χ1) is 9.83. The fourth-order valence-corrected chi connectivity index (χ4v) is 3.44. The number of aliphatic hydroxyl groups is 1. The van der Waals surface area contributed by atoms with E-state index in [9.17, 15) is 5.11 Å². The SMILES string of the molecule is C/C=C(\C)[C@@H](O[Si](C)(C)C(C)(C)C)[C@@H](C)[C@H](O)CC=C(C)C. The number of hydrogen-bond acceptors (Lipinski definition) is 2. The van der Waals surface area contributed by atoms with Gasteiger partial charge in [-0.25, -0.2) is 0 Å². The lowest BCUT2D eigenvalue weighted by atomic mass is 9.91. The maximum atomic E-state index is 10.5. The minimum Gasteiger partial charge on any atom is -0.410 e. The number of allylic oxidation sites excluding steroid dienone is 2. The molecule has 0 unspecified atom stereocenters. The fourth-order valence-electron chi connectivity index (χ4n) is 2.05. The molecule has 0 heterocycles. The molecule has 0 aromatic heterocycles. The standard InChI is InChI=1S/C19H38O2Si/c1-11-15(4)18(21-22(9,10)19(6,7)8)16(5)17(20)13-12-14(2)3/h11-12,16-18,20H,13H2,1-10H3/b15-11+/t16-,17+,18+/m0/s1. The minimum absolute atomic E-state index is 0.00791. The van der Waals surface area contributed by atoms with E-state index in [0.717, 1.165) is 0 Å². The number of aliphatic hydroxyl groups excluding tert-OH is 1. The predicted molar refractivity (Wildman–Crippen MR) is 101 cm³/mol. The lowest BCUT2D eigenvalue weighted by Crippen LogP contribution is -2.47. The van der Waals surface area contributed by atoms with Crippen molar-refractivity contribution >= 4 is 8.32 Å². The summed E-state index contributed by atoms with van der Waals surface area (Å²) in [6, 6.07) is 0. The summed E-state index contributed by atoms with van der Waals surface area (Å²) in [6.45, 7) is 21.7. The van der Waals surface area contributed by atoms with E-state index in [1.54, 1.807) is 0 Å². The first-order valence-electron chi connectivity index (χ1n) is 8.45. The highest BCUT2D eigenvalue weighted by Gasteiger charge is 2.41. The topological polar surface area (TPSA) is 29.5 Å². The Kier molecular flexibility index (Phi) is 8.32. The van der Waals surface area contributed by atoms with Crippen LogP contribution in [0.25, 0.3) is 0 Å². The van der Waals surface area contributed by atoms with E-state index in [4.69, 9.17) is 4.43 Å². The van der Waals surface area contributed by atoms with Crippen LogP contribution in [0.5, 0.6) is 0 Å². The second-order valence-electron chi connectivity index (χ2n) is 8.28. The third-order valence-electron chi connectivity index (χ3n) is 4.98. The molecule has 2 nitrogen and oxygen atoms in total. The van der Waals surface area contributed by atoms with Gasteiger partial charge in [0.05, 0.1) is 12.2 Å². The Balaban J connectivity index is 5.27. The first kappa shape index (κ1) is 21.6. The van der Waals surface area contributed by atoms with Crippen molar-refractivity contribution < 1.29 is 9.53 Å². The van der Waals surface area contributed by atoms with E-state index in [1.165, 1.54) is 11.1 Å². The van der Waals surface area contributed by atoms with Crippen LogP contribution in [0.15, 0.2) is 23.3 Å². The van der Waals surface area contributed by atoms with Crippen LogP contribution in [0.1, 0.15) is 61.8 Å². The number of hydrogen-bond donors (Lipinski definition) is 1. The molecule has 0 spiro atoms. The average Bonchev–Trinajstić information content (AvgIpc) is 2.39. The van der Waals surface area contributed by atoms with Crippen molar-refractivity contribution in [3.63, 3.8) is 0 Å². The maximum Gasteiger partial charge on any atom is 0.192 e. The molecule has 0 aliphatic heterocycles. The Morgan fingerprint density at radius 1 is 1.18 bits per heavy atom. The Hall–Kier alpha value is -0.383. The van der Waals surface area contributed by atoms with E-state index in [-0.39, 0.29) is 23.2 Å². The summed E-state index contributed by atoms with van der Waals surface area (Å²) < 4.78 is 6.63. The van der Waals surface area contributed by atoms with Crippen LogP contribution < -0.4 is 0 Å². The average molecular weight is 327 g/mol. The zero-order valence-electron chi connectivity index (χ0n) is 16.4. The normalized spacial score (nSPS) is 17.9. The van der Waals surface area contributed by atoms with E-state index in [0.29, 0.717) is 6.42 Å². The van der Waals surface area contributed by atoms with Gasteiger partial charge in [0.25, 0.3) is 0 Å². The van der Waals surface area contributed by atoms with Gasteiger partial charge in [-0.05, 0) is 57.8 Å². The van der Waals surface area contributed by atoms with Gasteiger partial charge >= 0.3 is 0 Å². The van der Waals surface area contributed by atoms with Crippen LogP contribution >= 0.6 is 0 Å². The second-order valence-corrected chi connectivity index (χ2v) is 13.0. The maximum absolute atomic E-state index is 10.5. The molecular weight excluding hydrogens is 288 g/mol. The molecule has 130 valence electrons. The summed E-state index contributed by atoms with van der Waals surface area (Å²) in [6.07, 6.45) is 4.53. The molecule has 0 aliphatic rings. The predicted octanol–water partition coefficient (Wildman–Crippen LogP) is 5.70. The molecule has 1 N–H and O–H groups in total. The van der Waals surface area contributed by atoms with Crippen molar-refractivity contribution in [1.82, 2.24) is 0 Å². The highest BCUT2D eigenvalue weighted by molar-refractivity contribution is 6.74. The fraction of sp³-hybridized carbons (Fsp3) is 0.789. The van der Waals surface area contributed by atoms with E-state index in [2.05, 4.69) is 73.7 Å². The van der Waals surface area contributed by atoms with Gasteiger partial charge in [-0.2, -0.15) is 0 Å². The number of rotatable bonds is 7. The third-order valence-corrected chi connectivity index (χ3v) is 9.44. The molecule has 0 bridgehead atoms. The van der Waals surface area contributed by atoms with Crippen LogP contribution in [-0.2, 0) is 4.43 Å². The summed E-state index contributed by atoms with van der Waals surface area (Å²) in [4.78, 5) is 0. The molecule has 0 fully saturated rings. The third kappa shape index (κ3) is 6.39. The molecule has 0 aromatic carbocycles. The van der Waals surface area contributed by atoms with Gasteiger partial charge in [-0.1, -0.05) is 45.4 Å². The largest absolute Gasteiger partial charge is 0.410 e. The first-order valence-corrected chi connectivity index (χ1v) is 11.4. The Bertz CT molecular complexity index is 398. The van der Waals surface area contributed by atoms with Crippen LogP contribution in [-0.4, -0.2) is 25.6 Å². The van der Waals surface area contributed by atoms with Crippen molar-refractivity contribution in [2.45, 2.75) is 92.2 Å². The molecule has 0 radical (unpaired) electrons. The summed E-state index contributed by atoms with van der Waals surface area (Å²) >= 11 is 0. The zero-order valence-corrected chi connectivity index (χ0v) is 17.4. The molecule has 22 heavy (non-hydrogen) atoms. The van der Waals surface area contributed by atoms with Crippen molar-refractivity contribution in [2.75, 3.05) is 0 Å².